The van der Waals surface area contributed by atoms with Crippen LogP contribution in [-0.4, -0.2) is 24.9 Å². The lowest BCUT2D eigenvalue weighted by molar-refractivity contribution is -0.124. The fourth-order valence-corrected chi connectivity index (χ4v) is 2.91. The minimum atomic E-state index is -0.335. The predicted molar refractivity (Wildman–Crippen MR) is 90.2 cm³/mol. The molecule has 0 spiro atoms. The first-order valence-electron chi connectivity index (χ1n) is 8.03. The third-order valence-electron chi connectivity index (χ3n) is 4.13. The molecule has 0 atom stereocenters. The summed E-state index contributed by atoms with van der Waals surface area (Å²) >= 11 is 0. The van der Waals surface area contributed by atoms with E-state index in [-0.39, 0.29) is 30.6 Å². The van der Waals surface area contributed by atoms with Crippen LogP contribution in [0.25, 0.3) is 0 Å². The Kier molecular flexibility index (Phi) is 4.89. The van der Waals surface area contributed by atoms with Gasteiger partial charge in [0.05, 0.1) is 13.0 Å². The van der Waals surface area contributed by atoms with Crippen molar-refractivity contribution in [1.82, 2.24) is 5.32 Å². The van der Waals surface area contributed by atoms with Crippen LogP contribution in [0.5, 0.6) is 0 Å². The molecular weight excluding hydrogens is 307 g/mol. The maximum absolute atomic E-state index is 12.9. The number of nitrogens with one attached hydrogen (secondary N) is 1. The number of hydrogen-bond donors (Lipinski definition) is 1. The maximum Gasteiger partial charge on any atom is 0.246 e. The third kappa shape index (κ3) is 3.79. The van der Waals surface area contributed by atoms with E-state index in [2.05, 4.69) is 5.32 Å². The van der Waals surface area contributed by atoms with Gasteiger partial charge < -0.3 is 10.2 Å². The minimum absolute atomic E-state index is 0.0334. The number of fused-ring (bicyclic) bond motifs is 1. The predicted octanol–water partition coefficient (Wildman–Crippen LogP) is 2.46. The summed E-state index contributed by atoms with van der Waals surface area (Å²) in [5.74, 6) is -0.701. The van der Waals surface area contributed by atoms with Crippen LogP contribution in [0.1, 0.15) is 17.5 Å². The topological polar surface area (TPSA) is 49.4 Å². The van der Waals surface area contributed by atoms with Crippen LogP contribution >= 0.6 is 0 Å². The fraction of sp³-hybridized carbons (Fsp3) is 0.263. The highest BCUT2D eigenvalue weighted by Crippen LogP contribution is 2.26. The Labute approximate surface area is 140 Å². The number of hydrogen-bond acceptors (Lipinski definition) is 2. The number of carbonyl (C=O) groups excluding carboxylic acids is 2. The molecule has 2 aromatic rings. The quantitative estimate of drug-likeness (QED) is 0.938. The van der Waals surface area contributed by atoms with Crippen molar-refractivity contribution in [1.29, 1.82) is 0 Å². The molecule has 4 nitrogen and oxygen atoms in total. The molecule has 0 aromatic heterocycles. The van der Waals surface area contributed by atoms with Crippen molar-refractivity contribution in [3.8, 4) is 0 Å². The van der Waals surface area contributed by atoms with Gasteiger partial charge in [-0.15, -0.1) is 0 Å². The fourth-order valence-electron chi connectivity index (χ4n) is 2.91. The largest absolute Gasteiger partial charge is 0.347 e. The summed E-state index contributed by atoms with van der Waals surface area (Å²) < 4.78 is 12.9. The van der Waals surface area contributed by atoms with E-state index in [0.29, 0.717) is 12.1 Å². The Morgan fingerprint density at radius 3 is 2.62 bits per heavy atom. The van der Waals surface area contributed by atoms with E-state index in [9.17, 15) is 14.0 Å². The van der Waals surface area contributed by atoms with Gasteiger partial charge in [0.15, 0.2) is 0 Å². The highest BCUT2D eigenvalue weighted by molar-refractivity contribution is 5.97. The van der Waals surface area contributed by atoms with Gasteiger partial charge in [-0.2, -0.15) is 0 Å². The van der Waals surface area contributed by atoms with Gasteiger partial charge in [-0.05, 0) is 42.2 Å². The molecule has 5 heteroatoms. The number of carbonyl (C=O) groups is 2. The standard InChI is InChI=1S/C19H19FN2O2/c20-16-9-7-14(8-10-16)12-18(23)21-13-19(24)22-11-3-5-15-4-1-2-6-17(15)22/h1-2,4,6-10H,3,5,11-13H2,(H,21,23). The van der Waals surface area contributed by atoms with E-state index in [4.69, 9.17) is 0 Å². The van der Waals surface area contributed by atoms with E-state index >= 15 is 0 Å². The van der Waals surface area contributed by atoms with Crippen molar-refractivity contribution in [2.75, 3.05) is 18.0 Å². The van der Waals surface area contributed by atoms with Crippen molar-refractivity contribution in [3.05, 3.63) is 65.5 Å². The van der Waals surface area contributed by atoms with Gasteiger partial charge in [0, 0.05) is 12.2 Å². The second-order valence-corrected chi connectivity index (χ2v) is 5.86. The zero-order chi connectivity index (χ0) is 16.9. The molecule has 2 amide bonds. The molecule has 24 heavy (non-hydrogen) atoms. The molecule has 1 aliphatic heterocycles. The molecule has 0 bridgehead atoms. The zero-order valence-corrected chi connectivity index (χ0v) is 13.3. The third-order valence-corrected chi connectivity index (χ3v) is 4.13. The number of rotatable bonds is 4. The highest BCUT2D eigenvalue weighted by Gasteiger charge is 2.22. The Balaban J connectivity index is 1.56. The molecule has 0 fully saturated rings. The Morgan fingerprint density at radius 2 is 1.83 bits per heavy atom. The molecule has 1 N–H and O–H groups in total. The molecule has 0 saturated heterocycles. The van der Waals surface area contributed by atoms with Crippen LogP contribution in [0.15, 0.2) is 48.5 Å². The number of amides is 2. The maximum atomic E-state index is 12.9. The Bertz CT molecular complexity index is 743. The molecule has 1 heterocycles. The lowest BCUT2D eigenvalue weighted by atomic mass is 10.0. The molecule has 0 unspecified atom stereocenters. The average molecular weight is 326 g/mol. The SMILES string of the molecule is O=C(Cc1ccc(F)cc1)NCC(=O)N1CCCc2ccccc21. The van der Waals surface area contributed by atoms with Gasteiger partial charge in [0.2, 0.25) is 11.8 Å². The molecule has 0 aliphatic carbocycles. The summed E-state index contributed by atoms with van der Waals surface area (Å²) in [7, 11) is 0. The average Bonchev–Trinajstić information content (AvgIpc) is 2.61. The highest BCUT2D eigenvalue weighted by atomic mass is 19.1. The molecular formula is C19H19FN2O2. The molecule has 2 aromatic carbocycles. The summed E-state index contributed by atoms with van der Waals surface area (Å²) in [5.41, 5.74) is 2.81. The zero-order valence-electron chi connectivity index (χ0n) is 13.3. The van der Waals surface area contributed by atoms with Crippen LogP contribution in [0, 0.1) is 5.82 Å². The van der Waals surface area contributed by atoms with E-state index < -0.39 is 0 Å². The minimum Gasteiger partial charge on any atom is -0.347 e. The van der Waals surface area contributed by atoms with Crippen molar-refractivity contribution >= 4 is 17.5 Å². The normalized spacial score (nSPS) is 13.3. The smallest absolute Gasteiger partial charge is 0.246 e. The summed E-state index contributed by atoms with van der Waals surface area (Å²) in [6, 6.07) is 13.6. The number of nitrogens with zero attached hydrogens (tertiary/aromatic N) is 1. The molecule has 124 valence electrons. The van der Waals surface area contributed by atoms with Gasteiger partial charge in [0.25, 0.3) is 0 Å². The van der Waals surface area contributed by atoms with Gasteiger partial charge in [0.1, 0.15) is 5.82 Å². The van der Waals surface area contributed by atoms with E-state index in [1.807, 2.05) is 24.3 Å². The van der Waals surface area contributed by atoms with E-state index in [1.165, 1.54) is 12.1 Å². The second kappa shape index (κ2) is 7.25. The summed E-state index contributed by atoms with van der Waals surface area (Å²) in [4.78, 5) is 26.1. The Hall–Kier alpha value is -2.69. The summed E-state index contributed by atoms with van der Waals surface area (Å²) in [6.07, 6.45) is 2.02. The van der Waals surface area contributed by atoms with E-state index in [0.717, 1.165) is 24.1 Å². The van der Waals surface area contributed by atoms with Gasteiger partial charge in [-0.3, -0.25) is 9.59 Å². The summed E-state index contributed by atoms with van der Waals surface area (Å²) in [5, 5.41) is 2.65. The van der Waals surface area contributed by atoms with Gasteiger partial charge in [-0.25, -0.2) is 4.39 Å². The first-order chi connectivity index (χ1) is 11.6. The number of aryl methyl sites for hydroxylation is 1. The molecule has 0 radical (unpaired) electrons. The number of anilines is 1. The lowest BCUT2D eigenvalue weighted by Crippen LogP contribution is -2.43. The molecule has 1 aliphatic rings. The monoisotopic (exact) mass is 326 g/mol. The Morgan fingerprint density at radius 1 is 1.08 bits per heavy atom. The van der Waals surface area contributed by atoms with Crippen molar-refractivity contribution in [2.24, 2.45) is 0 Å². The van der Waals surface area contributed by atoms with Crippen molar-refractivity contribution in [3.63, 3.8) is 0 Å². The summed E-state index contributed by atoms with van der Waals surface area (Å²) in [6.45, 7) is 0.637. The lowest BCUT2D eigenvalue weighted by Gasteiger charge is -2.29. The van der Waals surface area contributed by atoms with Crippen LogP contribution < -0.4 is 10.2 Å². The van der Waals surface area contributed by atoms with Gasteiger partial charge >= 0.3 is 0 Å². The molecule has 0 saturated carbocycles. The van der Waals surface area contributed by atoms with Gasteiger partial charge in [-0.1, -0.05) is 30.3 Å². The first-order valence-corrected chi connectivity index (χ1v) is 8.03. The van der Waals surface area contributed by atoms with Crippen LogP contribution in [0.4, 0.5) is 10.1 Å². The first kappa shape index (κ1) is 16.2. The van der Waals surface area contributed by atoms with Crippen molar-refractivity contribution < 1.29 is 14.0 Å². The number of para-hydroxylation sites is 1. The number of benzene rings is 2. The van der Waals surface area contributed by atoms with Crippen LogP contribution in [0.2, 0.25) is 0 Å². The number of halogens is 1. The molecule has 3 rings (SSSR count). The van der Waals surface area contributed by atoms with Crippen LogP contribution in [0.3, 0.4) is 0 Å². The van der Waals surface area contributed by atoms with Crippen molar-refractivity contribution in [2.45, 2.75) is 19.3 Å². The van der Waals surface area contributed by atoms with Crippen LogP contribution in [-0.2, 0) is 22.4 Å². The van der Waals surface area contributed by atoms with E-state index in [1.54, 1.807) is 17.0 Å². The second-order valence-electron chi connectivity index (χ2n) is 5.86.